The van der Waals surface area contributed by atoms with Gasteiger partial charge in [0.05, 0.1) is 12.8 Å². The van der Waals surface area contributed by atoms with Crippen molar-refractivity contribution in [2.75, 3.05) is 48.4 Å². The van der Waals surface area contributed by atoms with Crippen molar-refractivity contribution in [2.45, 2.75) is 19.9 Å². The highest BCUT2D eigenvalue weighted by Crippen LogP contribution is 2.29. The number of para-hydroxylation sites is 2. The monoisotopic (exact) mass is 368 g/mol. The van der Waals surface area contributed by atoms with Gasteiger partial charge in [-0.15, -0.1) is 0 Å². The van der Waals surface area contributed by atoms with Gasteiger partial charge in [0.15, 0.2) is 0 Å². The second-order valence-electron chi connectivity index (χ2n) is 6.95. The third kappa shape index (κ3) is 4.84. The number of carbonyl (C=O) groups is 1. The second-order valence-corrected chi connectivity index (χ2v) is 6.95. The fourth-order valence-corrected chi connectivity index (χ4v) is 3.28. The van der Waals surface area contributed by atoms with Crippen LogP contribution in [0.2, 0.25) is 0 Å². The van der Waals surface area contributed by atoms with E-state index in [4.69, 9.17) is 4.74 Å². The normalized spacial score (nSPS) is 14.2. The molecule has 0 spiro atoms. The molecule has 0 saturated carbocycles. The van der Waals surface area contributed by atoms with E-state index in [1.54, 1.807) is 7.11 Å². The maximum absolute atomic E-state index is 11.8. The molecule has 27 heavy (non-hydrogen) atoms. The Balaban J connectivity index is 1.57. The number of ether oxygens (including phenoxy) is 1. The Bertz CT molecular complexity index is 753. The zero-order valence-electron chi connectivity index (χ0n) is 16.2. The molecule has 144 valence electrons. The van der Waals surface area contributed by atoms with E-state index in [0.717, 1.165) is 43.3 Å². The van der Waals surface area contributed by atoms with Crippen molar-refractivity contribution >= 4 is 23.1 Å². The Hall–Kier alpha value is -2.89. The average molecular weight is 368 g/mol. The summed E-state index contributed by atoms with van der Waals surface area (Å²) in [6, 6.07) is 16.1. The Kier molecular flexibility index (Phi) is 6.06. The standard InChI is InChI=1S/C21H28N4O2/c1-16(2)22-21(26)23-17-8-10-18(11-9-17)24-12-14-25(15-13-24)19-6-4-5-7-20(19)27-3/h4-11,16H,12-15H2,1-3H3,(H2,22,23,26). The molecule has 1 heterocycles. The first kappa shape index (κ1) is 18.9. The number of carbonyl (C=O) groups excluding carboxylic acids is 1. The highest BCUT2D eigenvalue weighted by molar-refractivity contribution is 5.89. The molecule has 0 unspecified atom stereocenters. The fourth-order valence-electron chi connectivity index (χ4n) is 3.28. The van der Waals surface area contributed by atoms with E-state index in [0.29, 0.717) is 0 Å². The number of urea groups is 1. The molecular weight excluding hydrogens is 340 g/mol. The van der Waals surface area contributed by atoms with Gasteiger partial charge in [-0.05, 0) is 50.2 Å². The number of rotatable bonds is 5. The largest absolute Gasteiger partial charge is 0.495 e. The van der Waals surface area contributed by atoms with Gasteiger partial charge in [-0.25, -0.2) is 4.79 Å². The van der Waals surface area contributed by atoms with Crippen LogP contribution in [-0.2, 0) is 0 Å². The lowest BCUT2D eigenvalue weighted by molar-refractivity contribution is 0.250. The molecule has 0 radical (unpaired) electrons. The molecular formula is C21H28N4O2. The lowest BCUT2D eigenvalue weighted by Gasteiger charge is -2.37. The summed E-state index contributed by atoms with van der Waals surface area (Å²) in [5.41, 5.74) is 3.12. The number of piperazine rings is 1. The second kappa shape index (κ2) is 8.66. The molecule has 0 aliphatic carbocycles. The van der Waals surface area contributed by atoms with Crippen molar-refractivity contribution in [3.63, 3.8) is 0 Å². The number of hydrogen-bond donors (Lipinski definition) is 2. The summed E-state index contributed by atoms with van der Waals surface area (Å²) in [6.07, 6.45) is 0. The van der Waals surface area contributed by atoms with Crippen molar-refractivity contribution in [2.24, 2.45) is 0 Å². The van der Waals surface area contributed by atoms with Crippen LogP contribution in [0.15, 0.2) is 48.5 Å². The van der Waals surface area contributed by atoms with Crippen LogP contribution in [0.1, 0.15) is 13.8 Å². The molecule has 0 bridgehead atoms. The molecule has 6 nitrogen and oxygen atoms in total. The number of amides is 2. The summed E-state index contributed by atoms with van der Waals surface area (Å²) in [7, 11) is 1.71. The highest BCUT2D eigenvalue weighted by atomic mass is 16.5. The van der Waals surface area contributed by atoms with Crippen molar-refractivity contribution in [3.8, 4) is 5.75 Å². The third-order valence-corrected chi connectivity index (χ3v) is 4.62. The number of hydrogen-bond acceptors (Lipinski definition) is 4. The van der Waals surface area contributed by atoms with Crippen LogP contribution >= 0.6 is 0 Å². The molecule has 1 aliphatic heterocycles. The Labute approximate surface area is 161 Å². The minimum Gasteiger partial charge on any atom is -0.495 e. The fraction of sp³-hybridized carbons (Fsp3) is 0.381. The molecule has 1 fully saturated rings. The highest BCUT2D eigenvalue weighted by Gasteiger charge is 2.19. The minimum atomic E-state index is -0.178. The van der Waals surface area contributed by atoms with Gasteiger partial charge in [-0.1, -0.05) is 12.1 Å². The molecule has 6 heteroatoms. The van der Waals surface area contributed by atoms with E-state index in [1.165, 1.54) is 5.69 Å². The van der Waals surface area contributed by atoms with Gasteiger partial charge in [0, 0.05) is 43.6 Å². The Morgan fingerprint density at radius 2 is 1.59 bits per heavy atom. The molecule has 3 rings (SSSR count). The topological polar surface area (TPSA) is 56.8 Å². The smallest absolute Gasteiger partial charge is 0.319 e. The number of nitrogens with zero attached hydrogens (tertiary/aromatic N) is 2. The van der Waals surface area contributed by atoms with Gasteiger partial charge in [-0.3, -0.25) is 0 Å². The first-order valence-electron chi connectivity index (χ1n) is 9.37. The van der Waals surface area contributed by atoms with Crippen LogP contribution in [0.3, 0.4) is 0 Å². The molecule has 1 aliphatic rings. The summed E-state index contributed by atoms with van der Waals surface area (Å²) < 4.78 is 5.48. The van der Waals surface area contributed by atoms with Crippen LogP contribution < -0.4 is 25.2 Å². The van der Waals surface area contributed by atoms with Crippen LogP contribution in [0.25, 0.3) is 0 Å². The van der Waals surface area contributed by atoms with Crippen LogP contribution in [-0.4, -0.2) is 45.4 Å². The average Bonchev–Trinajstić information content (AvgIpc) is 2.68. The molecule has 2 amide bonds. The summed E-state index contributed by atoms with van der Waals surface area (Å²) in [6.45, 7) is 7.65. The molecule has 2 aromatic carbocycles. The predicted octanol–water partition coefficient (Wildman–Crippen LogP) is 3.55. The molecule has 1 saturated heterocycles. The summed E-state index contributed by atoms with van der Waals surface area (Å²) in [4.78, 5) is 16.5. The lowest BCUT2D eigenvalue weighted by atomic mass is 10.2. The predicted molar refractivity (Wildman–Crippen MR) is 111 cm³/mol. The van der Waals surface area contributed by atoms with E-state index in [-0.39, 0.29) is 12.1 Å². The van der Waals surface area contributed by atoms with Crippen molar-refractivity contribution in [3.05, 3.63) is 48.5 Å². The molecule has 0 atom stereocenters. The molecule has 0 aromatic heterocycles. The van der Waals surface area contributed by atoms with E-state index in [9.17, 15) is 4.79 Å². The maximum Gasteiger partial charge on any atom is 0.319 e. The zero-order chi connectivity index (χ0) is 19.2. The summed E-state index contributed by atoms with van der Waals surface area (Å²) in [5, 5.41) is 5.68. The number of anilines is 3. The minimum absolute atomic E-state index is 0.115. The van der Waals surface area contributed by atoms with Crippen molar-refractivity contribution in [1.29, 1.82) is 0 Å². The lowest BCUT2D eigenvalue weighted by Crippen LogP contribution is -2.46. The maximum atomic E-state index is 11.8. The van der Waals surface area contributed by atoms with Gasteiger partial charge < -0.3 is 25.2 Å². The van der Waals surface area contributed by atoms with E-state index < -0.39 is 0 Å². The van der Waals surface area contributed by atoms with Gasteiger partial charge >= 0.3 is 6.03 Å². The Morgan fingerprint density at radius 1 is 0.963 bits per heavy atom. The van der Waals surface area contributed by atoms with Gasteiger partial charge in [-0.2, -0.15) is 0 Å². The van der Waals surface area contributed by atoms with Gasteiger partial charge in [0.25, 0.3) is 0 Å². The Morgan fingerprint density at radius 3 is 2.22 bits per heavy atom. The third-order valence-electron chi connectivity index (χ3n) is 4.62. The first-order valence-corrected chi connectivity index (χ1v) is 9.37. The SMILES string of the molecule is COc1ccccc1N1CCN(c2ccc(NC(=O)NC(C)C)cc2)CC1. The molecule has 2 aromatic rings. The quantitative estimate of drug-likeness (QED) is 0.847. The van der Waals surface area contributed by atoms with E-state index >= 15 is 0 Å². The number of methoxy groups -OCH3 is 1. The summed E-state index contributed by atoms with van der Waals surface area (Å²) >= 11 is 0. The van der Waals surface area contributed by atoms with E-state index in [1.807, 2.05) is 44.2 Å². The van der Waals surface area contributed by atoms with Gasteiger partial charge in [0.1, 0.15) is 5.75 Å². The zero-order valence-corrected chi connectivity index (χ0v) is 16.2. The summed E-state index contributed by atoms with van der Waals surface area (Å²) in [5.74, 6) is 0.918. The van der Waals surface area contributed by atoms with Crippen molar-refractivity contribution < 1.29 is 9.53 Å². The number of nitrogens with one attached hydrogen (secondary N) is 2. The molecule has 2 N–H and O–H groups in total. The van der Waals surface area contributed by atoms with Crippen LogP contribution in [0.5, 0.6) is 5.75 Å². The number of benzene rings is 2. The van der Waals surface area contributed by atoms with Crippen molar-refractivity contribution in [1.82, 2.24) is 5.32 Å². The van der Waals surface area contributed by atoms with Crippen LogP contribution in [0, 0.1) is 0 Å². The van der Waals surface area contributed by atoms with Gasteiger partial charge in [0.2, 0.25) is 0 Å². The first-order chi connectivity index (χ1) is 13.1. The van der Waals surface area contributed by atoms with Crippen LogP contribution in [0.4, 0.5) is 21.9 Å². The van der Waals surface area contributed by atoms with E-state index in [2.05, 4.69) is 38.6 Å².